The normalized spacial score (nSPS) is 27.2. The Morgan fingerprint density at radius 3 is 1.11 bits per heavy atom. The fourth-order valence-corrected chi connectivity index (χ4v) is 11.3. The van der Waals surface area contributed by atoms with Gasteiger partial charge in [-0.25, -0.2) is 14.4 Å². The minimum atomic E-state index is -1.78. The van der Waals surface area contributed by atoms with E-state index >= 15 is 0 Å². The van der Waals surface area contributed by atoms with Gasteiger partial charge in [-0.1, -0.05) is 0 Å². The van der Waals surface area contributed by atoms with Gasteiger partial charge in [0.05, 0.1) is 22.8 Å². The van der Waals surface area contributed by atoms with Crippen LogP contribution in [0.2, 0.25) is 0 Å². The van der Waals surface area contributed by atoms with Crippen molar-refractivity contribution >= 4 is 17.9 Å². The number of carbonyl (C=O) groups excluding carboxylic acids is 3. The summed E-state index contributed by atoms with van der Waals surface area (Å²) in [4.78, 5) is 43.7. The molecule has 0 aliphatic carbocycles. The fraction of sp³-hybridized carbons (Fsp3) is 0.804. The van der Waals surface area contributed by atoms with Gasteiger partial charge in [0.2, 0.25) is 0 Å². The van der Waals surface area contributed by atoms with Crippen molar-refractivity contribution in [2.75, 3.05) is 0 Å². The molecule has 5 N–H and O–H groups in total. The van der Waals surface area contributed by atoms with Crippen molar-refractivity contribution in [2.45, 2.75) is 237 Å². The number of nitrogens with one attached hydrogen (secondary N) is 1. The molecular weight excluding hydrogens is 785 g/mol. The Morgan fingerprint density at radius 1 is 0.492 bits per heavy atom. The van der Waals surface area contributed by atoms with Crippen molar-refractivity contribution in [1.29, 1.82) is 0 Å². The van der Waals surface area contributed by atoms with E-state index in [4.69, 9.17) is 18.9 Å². The highest BCUT2D eigenvalue weighted by atomic mass is 16.6. The average Bonchev–Trinajstić information content (AvgIpc) is 3.05. The first kappa shape index (κ1) is 49.3. The fourth-order valence-electron chi connectivity index (χ4n) is 11.3. The van der Waals surface area contributed by atoms with Crippen LogP contribution >= 0.6 is 0 Å². The third-order valence-electron chi connectivity index (χ3n) is 13.2. The lowest BCUT2D eigenvalue weighted by molar-refractivity contribution is -0.275. The first-order valence-corrected chi connectivity index (χ1v) is 21.9. The highest BCUT2D eigenvalue weighted by Gasteiger charge is 2.50. The quantitative estimate of drug-likeness (QED) is 0.0921. The number of nitrogens with zero attached hydrogens (tertiary/aromatic N) is 3. The van der Waals surface area contributed by atoms with Crippen LogP contribution in [0.4, 0.5) is 0 Å². The summed E-state index contributed by atoms with van der Waals surface area (Å²) >= 11 is 0. The second-order valence-corrected chi connectivity index (χ2v) is 23.5. The van der Waals surface area contributed by atoms with Crippen LogP contribution in [-0.2, 0) is 18.9 Å². The molecule has 4 saturated heterocycles. The zero-order valence-corrected chi connectivity index (χ0v) is 39.7. The molecule has 0 amide bonds. The predicted octanol–water partition coefficient (Wildman–Crippen LogP) is 7.71. The molecule has 4 aliphatic rings. The summed E-state index contributed by atoms with van der Waals surface area (Å²) < 4.78 is 24.9. The van der Waals surface area contributed by atoms with E-state index in [-0.39, 0.29) is 59.0 Å². The molecule has 15 heteroatoms. The molecule has 4 heterocycles. The van der Waals surface area contributed by atoms with E-state index in [1.54, 1.807) is 0 Å². The van der Waals surface area contributed by atoms with E-state index in [0.717, 1.165) is 0 Å². The second-order valence-electron chi connectivity index (χ2n) is 23.5. The standard InChI is InChI=1S/C46H76N4O11/c1-39(2)19-27(20-40(3,4)47-39)58-35(51)31-17-33(37(53)60-29-23-43(9,10)49(56)44(11,12)24-29)34(38(54)61-30-25-45(13,14)50(57)46(15,16)26-30)18-32(31)36(52)59-28-21-41(5,6)48(55)42(7,8)22-28/h17-18,27-30,38,47,54-57H,19-26H2,1-16H3. The Balaban J connectivity index is 1.62. The Labute approximate surface area is 363 Å². The van der Waals surface area contributed by atoms with Crippen LogP contribution in [0, 0.1) is 0 Å². The number of hydroxylamine groups is 6. The zero-order valence-electron chi connectivity index (χ0n) is 39.7. The van der Waals surface area contributed by atoms with Crippen LogP contribution in [0.3, 0.4) is 0 Å². The summed E-state index contributed by atoms with van der Waals surface area (Å²) in [6.07, 6.45) is -1.47. The van der Waals surface area contributed by atoms with Gasteiger partial charge in [-0.05, 0) is 136 Å². The van der Waals surface area contributed by atoms with Gasteiger partial charge in [-0.15, -0.1) is 0 Å². The number of hydrogen-bond acceptors (Lipinski definition) is 15. The van der Waals surface area contributed by atoms with E-state index in [9.17, 15) is 35.1 Å². The number of carbonyl (C=O) groups is 3. The Morgan fingerprint density at radius 2 is 0.770 bits per heavy atom. The lowest BCUT2D eigenvalue weighted by atomic mass is 9.80. The first-order valence-electron chi connectivity index (χ1n) is 21.9. The number of esters is 3. The number of ether oxygens (including phenoxy) is 4. The molecule has 1 unspecified atom stereocenters. The maximum atomic E-state index is 14.6. The molecule has 4 aliphatic heterocycles. The highest BCUT2D eigenvalue weighted by Crippen LogP contribution is 2.43. The molecule has 1 atom stereocenters. The van der Waals surface area contributed by atoms with E-state index in [1.165, 1.54) is 27.3 Å². The zero-order chi connectivity index (χ0) is 46.3. The Kier molecular flexibility index (Phi) is 13.2. The van der Waals surface area contributed by atoms with Gasteiger partial charge in [-0.3, -0.25) is 0 Å². The number of piperidine rings is 4. The number of aliphatic hydroxyl groups is 1. The van der Waals surface area contributed by atoms with Crippen molar-refractivity contribution in [3.63, 3.8) is 0 Å². The molecule has 1 aromatic carbocycles. The maximum absolute atomic E-state index is 14.6. The van der Waals surface area contributed by atoms with Crippen molar-refractivity contribution in [3.8, 4) is 0 Å². The van der Waals surface area contributed by atoms with Gasteiger partial charge in [0.25, 0.3) is 0 Å². The molecular formula is C46H76N4O11. The number of rotatable bonds is 9. The molecule has 5 rings (SSSR count). The van der Waals surface area contributed by atoms with Gasteiger partial charge in [0.15, 0.2) is 6.29 Å². The number of hydrogen-bond donors (Lipinski definition) is 5. The van der Waals surface area contributed by atoms with Crippen molar-refractivity contribution in [3.05, 3.63) is 34.4 Å². The number of aliphatic hydroxyl groups excluding tert-OH is 1. The molecule has 0 saturated carbocycles. The van der Waals surface area contributed by atoms with Gasteiger partial charge in [0, 0.05) is 88.4 Å². The molecule has 0 aromatic heterocycles. The van der Waals surface area contributed by atoms with Crippen LogP contribution in [0.25, 0.3) is 0 Å². The summed E-state index contributed by atoms with van der Waals surface area (Å²) in [5.41, 5.74) is -6.02. The monoisotopic (exact) mass is 861 g/mol. The lowest BCUT2D eigenvalue weighted by Gasteiger charge is -2.51. The topological polar surface area (TPSA) is 191 Å². The Hall–Kier alpha value is -2.73. The van der Waals surface area contributed by atoms with Gasteiger partial charge in [0.1, 0.15) is 18.3 Å². The van der Waals surface area contributed by atoms with Gasteiger partial charge in [-0.2, -0.15) is 15.2 Å². The smallest absolute Gasteiger partial charge is 0.339 e. The predicted molar refractivity (Wildman–Crippen MR) is 227 cm³/mol. The van der Waals surface area contributed by atoms with Crippen LogP contribution in [0.1, 0.15) is 205 Å². The van der Waals surface area contributed by atoms with Crippen LogP contribution in [0.5, 0.6) is 0 Å². The molecule has 4 fully saturated rings. The molecule has 1 aromatic rings. The molecule has 15 nitrogen and oxygen atoms in total. The van der Waals surface area contributed by atoms with E-state index in [1.807, 2.05) is 111 Å². The summed E-state index contributed by atoms with van der Waals surface area (Å²) in [6.45, 7) is 30.4. The van der Waals surface area contributed by atoms with Crippen molar-refractivity contribution in [1.82, 2.24) is 20.5 Å². The minimum Gasteiger partial charge on any atom is -0.459 e. The summed E-state index contributed by atoms with van der Waals surface area (Å²) in [7, 11) is 0. The van der Waals surface area contributed by atoms with E-state index in [2.05, 4.69) is 5.32 Å². The highest BCUT2D eigenvalue weighted by molar-refractivity contribution is 6.06. The average molecular weight is 861 g/mol. The molecule has 0 radical (unpaired) electrons. The van der Waals surface area contributed by atoms with E-state index < -0.39 is 81.8 Å². The van der Waals surface area contributed by atoms with Gasteiger partial charge >= 0.3 is 17.9 Å². The van der Waals surface area contributed by atoms with Crippen LogP contribution < -0.4 is 5.32 Å². The maximum Gasteiger partial charge on any atom is 0.339 e. The summed E-state index contributed by atoms with van der Waals surface area (Å²) in [5.74, 6) is -2.57. The van der Waals surface area contributed by atoms with Crippen molar-refractivity contribution in [2.24, 2.45) is 0 Å². The van der Waals surface area contributed by atoms with Crippen LogP contribution in [-0.4, -0.2) is 123 Å². The van der Waals surface area contributed by atoms with E-state index in [0.29, 0.717) is 25.7 Å². The van der Waals surface area contributed by atoms with Crippen LogP contribution in [0.15, 0.2) is 12.1 Å². The van der Waals surface area contributed by atoms with Crippen molar-refractivity contribution < 1.29 is 54.1 Å². The third kappa shape index (κ3) is 10.8. The molecule has 0 bridgehead atoms. The summed E-state index contributed by atoms with van der Waals surface area (Å²) in [6, 6.07) is 2.52. The second kappa shape index (κ2) is 16.4. The third-order valence-corrected chi connectivity index (χ3v) is 13.2. The molecule has 61 heavy (non-hydrogen) atoms. The largest absolute Gasteiger partial charge is 0.459 e. The number of benzene rings is 1. The summed E-state index contributed by atoms with van der Waals surface area (Å²) in [5, 5.41) is 52.4. The van der Waals surface area contributed by atoms with Gasteiger partial charge < -0.3 is 45.0 Å². The molecule has 346 valence electrons. The Bertz CT molecular complexity index is 1770. The SMILES string of the molecule is CC1(C)CC(OC(=O)c2cc(C(=O)OC3CC(C)(C)N(O)C(C)(C)C3)c(C(O)OC3CC(C)(C)N(O)C(C)(C)C3)cc2C(=O)OC2CC(C)(C)N(O)C(C)(C)C2)CC(C)(C)N1. The minimum absolute atomic E-state index is 0.108. The molecule has 0 spiro atoms. The first-order chi connectivity index (χ1) is 27.5. The lowest BCUT2D eigenvalue weighted by Crippen LogP contribution is -2.60.